The average Bonchev–Trinajstić information content (AvgIpc) is 3.11. The molecule has 1 saturated heterocycles. The molecular weight excluding hydrogens is 615 g/mol. The molecule has 2 aliphatic rings. The molecule has 6 rings (SSSR count). The molecule has 2 atom stereocenters. The Bertz CT molecular complexity index is 1780. The number of likely N-dealkylation sites (tertiary alicyclic amines) is 1. The molecule has 0 radical (unpaired) electrons. The van der Waals surface area contributed by atoms with E-state index in [2.05, 4.69) is 10.6 Å². The molecule has 6 nitrogen and oxygen atoms in total. The first-order valence-corrected chi connectivity index (χ1v) is 16.4. The summed E-state index contributed by atoms with van der Waals surface area (Å²) in [5.74, 6) is -0.725. The van der Waals surface area contributed by atoms with Crippen LogP contribution in [-0.2, 0) is 21.2 Å². The summed E-state index contributed by atoms with van der Waals surface area (Å²) < 4.78 is 39.3. The van der Waals surface area contributed by atoms with Crippen LogP contribution in [0.4, 0.5) is 13.2 Å². The third-order valence-corrected chi connectivity index (χ3v) is 9.73. The van der Waals surface area contributed by atoms with Crippen molar-refractivity contribution in [2.75, 3.05) is 19.6 Å². The van der Waals surface area contributed by atoms with Crippen LogP contribution in [0, 0.1) is 0 Å². The number of piperidine rings is 1. The van der Waals surface area contributed by atoms with Gasteiger partial charge in [0.2, 0.25) is 11.8 Å². The van der Waals surface area contributed by atoms with Gasteiger partial charge in [-0.3, -0.25) is 14.4 Å². The van der Waals surface area contributed by atoms with Gasteiger partial charge in [0.25, 0.3) is 5.91 Å². The molecule has 9 heteroatoms. The fourth-order valence-electron chi connectivity index (χ4n) is 7.30. The maximum atomic E-state index is 14.1. The summed E-state index contributed by atoms with van der Waals surface area (Å²) in [5, 5.41) is 6.13. The minimum Gasteiger partial charge on any atom is -0.355 e. The number of alkyl halides is 3. The van der Waals surface area contributed by atoms with E-state index in [0.717, 1.165) is 28.8 Å². The second kappa shape index (κ2) is 13.7. The predicted octanol–water partition coefficient (Wildman–Crippen LogP) is 7.09. The SMILES string of the molecule is CCNC(=O)[C@]1(c2ccccc2)CCC(C(=O)N2CCC(NC(=O)c3ccccc3-c3ccc(C(F)(F)F)cc3)CC2)c2ccccc21. The highest BCUT2D eigenvalue weighted by atomic mass is 19.4. The second-order valence-corrected chi connectivity index (χ2v) is 12.5. The zero-order valence-electron chi connectivity index (χ0n) is 26.7. The quantitative estimate of drug-likeness (QED) is 0.224. The number of halogens is 3. The van der Waals surface area contributed by atoms with Crippen molar-refractivity contribution >= 4 is 17.7 Å². The summed E-state index contributed by atoms with van der Waals surface area (Å²) in [6.45, 7) is 3.36. The molecule has 1 aliphatic heterocycles. The van der Waals surface area contributed by atoms with Crippen LogP contribution >= 0.6 is 0 Å². The summed E-state index contributed by atoms with van der Waals surface area (Å²) >= 11 is 0. The lowest BCUT2D eigenvalue weighted by atomic mass is 9.62. The van der Waals surface area contributed by atoms with Gasteiger partial charge < -0.3 is 15.5 Å². The Hall–Kier alpha value is -4.92. The van der Waals surface area contributed by atoms with Crippen LogP contribution in [0.5, 0.6) is 0 Å². The Balaban J connectivity index is 1.15. The van der Waals surface area contributed by atoms with E-state index in [1.165, 1.54) is 12.1 Å². The number of rotatable bonds is 7. The maximum absolute atomic E-state index is 14.1. The monoisotopic (exact) mass is 653 g/mol. The lowest BCUT2D eigenvalue weighted by Crippen LogP contribution is -2.51. The third kappa shape index (κ3) is 6.33. The molecule has 248 valence electrons. The van der Waals surface area contributed by atoms with Crippen LogP contribution in [0.25, 0.3) is 11.1 Å². The van der Waals surface area contributed by atoms with Crippen molar-refractivity contribution in [3.63, 3.8) is 0 Å². The lowest BCUT2D eigenvalue weighted by molar-refractivity contribution is -0.137. The number of carbonyl (C=O) groups excluding carboxylic acids is 3. The van der Waals surface area contributed by atoms with Crippen molar-refractivity contribution in [1.29, 1.82) is 0 Å². The number of hydrogen-bond donors (Lipinski definition) is 2. The number of amides is 3. The lowest BCUT2D eigenvalue weighted by Gasteiger charge is -2.42. The Labute approximate surface area is 278 Å². The summed E-state index contributed by atoms with van der Waals surface area (Å²) in [7, 11) is 0. The molecule has 0 spiro atoms. The summed E-state index contributed by atoms with van der Waals surface area (Å²) in [6, 6.07) is 29.0. The fraction of sp³-hybridized carbons (Fsp3) is 0.308. The molecule has 4 aromatic carbocycles. The highest BCUT2D eigenvalue weighted by Gasteiger charge is 2.48. The van der Waals surface area contributed by atoms with E-state index < -0.39 is 17.2 Å². The van der Waals surface area contributed by atoms with Crippen LogP contribution in [0.2, 0.25) is 0 Å². The van der Waals surface area contributed by atoms with Gasteiger partial charge in [0.15, 0.2) is 0 Å². The van der Waals surface area contributed by atoms with Crippen molar-refractivity contribution in [2.45, 2.75) is 56.2 Å². The van der Waals surface area contributed by atoms with Crippen molar-refractivity contribution in [3.05, 3.63) is 131 Å². The van der Waals surface area contributed by atoms with Gasteiger partial charge in [-0.15, -0.1) is 0 Å². The van der Waals surface area contributed by atoms with Crippen LogP contribution in [0.1, 0.15) is 71.1 Å². The number of fused-ring (bicyclic) bond motifs is 1. The normalized spacial score (nSPS) is 19.7. The fourth-order valence-corrected chi connectivity index (χ4v) is 7.30. The van der Waals surface area contributed by atoms with Crippen LogP contribution in [-0.4, -0.2) is 48.3 Å². The Morgan fingerprint density at radius 3 is 2.15 bits per heavy atom. The molecule has 0 aromatic heterocycles. The standard InChI is InChI=1S/C39H38F3N3O3/c1-2-43-37(48)38(27-10-4-3-5-11-27)23-20-33(31-13-8-9-15-34(31)38)36(47)45-24-21-29(22-25-45)44-35(46)32-14-7-6-12-30(32)26-16-18-28(19-17-26)39(40,41)42/h3-19,29,33H,2,20-25H2,1H3,(H,43,48)(H,44,46)/t33?,38-/m0/s1. The van der Waals surface area contributed by atoms with E-state index in [4.69, 9.17) is 0 Å². The van der Waals surface area contributed by atoms with Gasteiger partial charge in [0, 0.05) is 31.2 Å². The highest BCUT2D eigenvalue weighted by molar-refractivity contribution is 6.01. The van der Waals surface area contributed by atoms with Crippen molar-refractivity contribution in [2.24, 2.45) is 0 Å². The van der Waals surface area contributed by atoms with Gasteiger partial charge in [0.05, 0.1) is 16.9 Å². The first-order valence-electron chi connectivity index (χ1n) is 16.4. The molecule has 0 saturated carbocycles. The van der Waals surface area contributed by atoms with Crippen LogP contribution in [0.3, 0.4) is 0 Å². The van der Waals surface area contributed by atoms with Gasteiger partial charge in [-0.2, -0.15) is 13.2 Å². The van der Waals surface area contributed by atoms with Crippen molar-refractivity contribution in [1.82, 2.24) is 15.5 Å². The average molecular weight is 654 g/mol. The van der Waals surface area contributed by atoms with Crippen LogP contribution in [0.15, 0.2) is 103 Å². The van der Waals surface area contributed by atoms with E-state index in [0.29, 0.717) is 62.0 Å². The molecule has 4 aromatic rings. The molecule has 1 heterocycles. The number of nitrogens with zero attached hydrogens (tertiary/aromatic N) is 1. The van der Waals surface area contributed by atoms with E-state index in [-0.39, 0.29) is 29.7 Å². The Morgan fingerprint density at radius 2 is 1.46 bits per heavy atom. The number of carbonyl (C=O) groups is 3. The van der Waals surface area contributed by atoms with E-state index in [1.54, 1.807) is 24.3 Å². The number of hydrogen-bond acceptors (Lipinski definition) is 3. The summed E-state index contributed by atoms with van der Waals surface area (Å²) in [6.07, 6.45) is -2.27. The topological polar surface area (TPSA) is 78.5 Å². The highest BCUT2D eigenvalue weighted by Crippen LogP contribution is 2.48. The second-order valence-electron chi connectivity index (χ2n) is 12.5. The van der Waals surface area contributed by atoms with E-state index in [9.17, 15) is 27.6 Å². The Morgan fingerprint density at radius 1 is 0.812 bits per heavy atom. The van der Waals surface area contributed by atoms with Crippen molar-refractivity contribution in [3.8, 4) is 11.1 Å². The minimum atomic E-state index is -4.44. The number of nitrogens with one attached hydrogen (secondary N) is 2. The van der Waals surface area contributed by atoms with Gasteiger partial charge in [-0.05, 0) is 78.6 Å². The Kier molecular flexibility index (Phi) is 9.40. The van der Waals surface area contributed by atoms with Gasteiger partial charge in [-0.25, -0.2) is 0 Å². The number of benzene rings is 4. The molecule has 1 unspecified atom stereocenters. The molecule has 1 fully saturated rings. The number of likely N-dealkylation sites (N-methyl/N-ethyl adjacent to an activating group) is 1. The van der Waals surface area contributed by atoms with E-state index in [1.807, 2.05) is 66.4 Å². The first kappa shape index (κ1) is 33.0. The minimum absolute atomic E-state index is 0.0254. The van der Waals surface area contributed by atoms with Crippen molar-refractivity contribution < 1.29 is 27.6 Å². The first-order chi connectivity index (χ1) is 23.1. The third-order valence-electron chi connectivity index (χ3n) is 9.73. The largest absolute Gasteiger partial charge is 0.416 e. The molecule has 1 aliphatic carbocycles. The zero-order chi connectivity index (χ0) is 33.9. The molecular formula is C39H38F3N3O3. The summed E-state index contributed by atoms with van der Waals surface area (Å²) in [4.78, 5) is 43.1. The molecule has 2 N–H and O–H groups in total. The predicted molar refractivity (Wildman–Crippen MR) is 178 cm³/mol. The smallest absolute Gasteiger partial charge is 0.355 e. The zero-order valence-corrected chi connectivity index (χ0v) is 26.7. The van der Waals surface area contributed by atoms with Gasteiger partial charge in [0.1, 0.15) is 0 Å². The van der Waals surface area contributed by atoms with Gasteiger partial charge >= 0.3 is 6.18 Å². The maximum Gasteiger partial charge on any atom is 0.416 e. The molecule has 48 heavy (non-hydrogen) atoms. The van der Waals surface area contributed by atoms with Crippen LogP contribution < -0.4 is 10.6 Å². The van der Waals surface area contributed by atoms with Gasteiger partial charge in [-0.1, -0.05) is 84.9 Å². The molecule has 3 amide bonds. The summed E-state index contributed by atoms with van der Waals surface area (Å²) in [5.41, 5.74) is 2.45. The molecule has 0 bridgehead atoms. The van der Waals surface area contributed by atoms with E-state index >= 15 is 0 Å².